The zero-order chi connectivity index (χ0) is 18.6. The van der Waals surface area contributed by atoms with Gasteiger partial charge in [-0.2, -0.15) is 0 Å². The number of carbonyl (C=O) groups is 1. The number of hydrogen-bond donors (Lipinski definition) is 1. The minimum Gasteiger partial charge on any atom is -0.289 e. The van der Waals surface area contributed by atoms with Crippen LogP contribution in [0.3, 0.4) is 0 Å². The van der Waals surface area contributed by atoms with Gasteiger partial charge in [-0.3, -0.25) is 9.52 Å². The van der Waals surface area contributed by atoms with Crippen LogP contribution in [0.1, 0.15) is 15.2 Å². The fraction of sp³-hybridized carbons (Fsp3) is 0. The second-order valence-corrected chi connectivity index (χ2v) is 8.36. The van der Waals surface area contributed by atoms with Crippen LogP contribution in [0.25, 0.3) is 6.08 Å². The Morgan fingerprint density at radius 1 is 0.962 bits per heavy atom. The molecule has 4 nitrogen and oxygen atoms in total. The number of sulfonamides is 1. The second-order valence-electron chi connectivity index (χ2n) is 5.33. The van der Waals surface area contributed by atoms with E-state index in [1.165, 1.54) is 36.4 Å². The lowest BCUT2D eigenvalue weighted by Gasteiger charge is -2.05. The molecule has 26 heavy (non-hydrogen) atoms. The first-order valence-corrected chi connectivity index (χ1v) is 9.90. The molecule has 0 saturated carbocycles. The van der Waals surface area contributed by atoms with Crippen LogP contribution >= 0.6 is 11.3 Å². The van der Waals surface area contributed by atoms with Crippen LogP contribution in [-0.2, 0) is 10.0 Å². The minimum atomic E-state index is -3.77. The topological polar surface area (TPSA) is 63.2 Å². The van der Waals surface area contributed by atoms with E-state index in [9.17, 15) is 17.6 Å². The summed E-state index contributed by atoms with van der Waals surface area (Å²) < 4.78 is 40.2. The molecule has 0 atom stereocenters. The number of rotatable bonds is 6. The van der Waals surface area contributed by atoms with Crippen molar-refractivity contribution in [3.63, 3.8) is 0 Å². The predicted octanol–water partition coefficient (Wildman–Crippen LogP) is 4.58. The Labute approximate surface area is 154 Å². The van der Waals surface area contributed by atoms with Crippen molar-refractivity contribution in [2.75, 3.05) is 4.72 Å². The van der Waals surface area contributed by atoms with Crippen molar-refractivity contribution in [2.45, 2.75) is 4.21 Å². The third-order valence-corrected chi connectivity index (χ3v) is 6.34. The van der Waals surface area contributed by atoms with Crippen LogP contribution in [0.4, 0.5) is 10.1 Å². The quantitative estimate of drug-likeness (QED) is 0.497. The van der Waals surface area contributed by atoms with Gasteiger partial charge in [-0.15, -0.1) is 11.3 Å². The summed E-state index contributed by atoms with van der Waals surface area (Å²) in [6.07, 6.45) is 2.99. The number of ketones is 1. The molecule has 0 bridgehead atoms. The van der Waals surface area contributed by atoms with E-state index in [2.05, 4.69) is 4.72 Å². The van der Waals surface area contributed by atoms with Crippen LogP contribution in [0.15, 0.2) is 77.0 Å². The lowest BCUT2D eigenvalue weighted by molar-refractivity contribution is 0.104. The van der Waals surface area contributed by atoms with Gasteiger partial charge in [-0.1, -0.05) is 30.3 Å². The average Bonchev–Trinajstić information content (AvgIpc) is 3.12. The maximum Gasteiger partial charge on any atom is 0.271 e. The lowest BCUT2D eigenvalue weighted by Crippen LogP contribution is -2.11. The number of allylic oxidation sites excluding steroid dienone is 1. The molecule has 2 aromatic carbocycles. The molecular formula is C19H14FNO3S2. The van der Waals surface area contributed by atoms with Gasteiger partial charge < -0.3 is 0 Å². The van der Waals surface area contributed by atoms with Gasteiger partial charge in [0.05, 0.1) is 0 Å². The van der Waals surface area contributed by atoms with Crippen molar-refractivity contribution in [1.82, 2.24) is 0 Å². The van der Waals surface area contributed by atoms with Gasteiger partial charge in [0, 0.05) is 16.1 Å². The van der Waals surface area contributed by atoms with E-state index >= 15 is 0 Å². The Kier molecular flexibility index (Phi) is 5.29. The second kappa shape index (κ2) is 7.63. The molecule has 0 saturated heterocycles. The van der Waals surface area contributed by atoms with Crippen molar-refractivity contribution in [2.24, 2.45) is 0 Å². The third-order valence-electron chi connectivity index (χ3n) is 3.42. The summed E-state index contributed by atoms with van der Waals surface area (Å²) in [6, 6.07) is 16.9. The Bertz CT molecular complexity index is 1040. The molecule has 7 heteroatoms. The molecule has 0 unspecified atom stereocenters. The maximum absolute atomic E-state index is 12.9. The van der Waals surface area contributed by atoms with Gasteiger partial charge >= 0.3 is 0 Å². The van der Waals surface area contributed by atoms with Gasteiger partial charge in [0.15, 0.2) is 5.78 Å². The van der Waals surface area contributed by atoms with Crippen molar-refractivity contribution in [3.05, 3.63) is 89.1 Å². The van der Waals surface area contributed by atoms with Gasteiger partial charge in [0.1, 0.15) is 10.0 Å². The van der Waals surface area contributed by atoms with Gasteiger partial charge in [-0.05, 0) is 48.6 Å². The molecule has 0 spiro atoms. The Hall–Kier alpha value is -2.77. The third kappa shape index (κ3) is 4.44. The van der Waals surface area contributed by atoms with E-state index in [0.29, 0.717) is 10.4 Å². The van der Waals surface area contributed by atoms with Crippen molar-refractivity contribution in [1.29, 1.82) is 0 Å². The smallest absolute Gasteiger partial charge is 0.271 e. The molecule has 3 aromatic rings. The average molecular weight is 387 g/mol. The highest BCUT2D eigenvalue weighted by Crippen LogP contribution is 2.25. The fourth-order valence-corrected chi connectivity index (χ4v) is 4.44. The lowest BCUT2D eigenvalue weighted by atomic mass is 10.1. The summed E-state index contributed by atoms with van der Waals surface area (Å²) in [6.45, 7) is 0. The van der Waals surface area contributed by atoms with Gasteiger partial charge in [-0.25, -0.2) is 12.8 Å². The van der Waals surface area contributed by atoms with Crippen LogP contribution in [0.2, 0.25) is 0 Å². The van der Waals surface area contributed by atoms with Crippen LogP contribution in [0.5, 0.6) is 0 Å². The standard InChI is InChI=1S/C19H14FNO3S2/c20-15-6-8-16(9-7-15)21-26(23,24)19-13-11-17(25-19)10-12-18(22)14-4-2-1-3-5-14/h1-13,21H/b12-10+. The van der Waals surface area contributed by atoms with Crippen molar-refractivity contribution >= 4 is 38.9 Å². The molecule has 0 aliphatic rings. The minimum absolute atomic E-state index is 0.105. The number of nitrogens with one attached hydrogen (secondary N) is 1. The number of thiophene rings is 1. The highest BCUT2D eigenvalue weighted by Gasteiger charge is 2.16. The zero-order valence-electron chi connectivity index (χ0n) is 13.4. The zero-order valence-corrected chi connectivity index (χ0v) is 15.1. The van der Waals surface area contributed by atoms with E-state index in [1.54, 1.807) is 36.4 Å². The SMILES string of the molecule is O=C(/C=C/c1ccc(S(=O)(=O)Nc2ccc(F)cc2)s1)c1ccccc1. The van der Waals surface area contributed by atoms with E-state index in [1.807, 2.05) is 6.07 Å². The summed E-state index contributed by atoms with van der Waals surface area (Å²) in [7, 11) is -3.77. The molecule has 0 aliphatic carbocycles. The maximum atomic E-state index is 12.9. The highest BCUT2D eigenvalue weighted by molar-refractivity contribution is 7.94. The first kappa shape index (κ1) is 18.0. The number of halogens is 1. The molecule has 1 aromatic heterocycles. The normalized spacial score (nSPS) is 11.6. The highest BCUT2D eigenvalue weighted by atomic mass is 32.2. The summed E-state index contributed by atoms with van der Waals surface area (Å²) >= 11 is 1.04. The van der Waals surface area contributed by atoms with E-state index in [4.69, 9.17) is 0 Å². The summed E-state index contributed by atoms with van der Waals surface area (Å²) in [5.74, 6) is -0.604. The van der Waals surface area contributed by atoms with E-state index in [0.717, 1.165) is 11.3 Å². The molecule has 0 amide bonds. The molecule has 132 valence electrons. The van der Waals surface area contributed by atoms with Crippen molar-refractivity contribution in [3.8, 4) is 0 Å². The van der Waals surface area contributed by atoms with E-state index in [-0.39, 0.29) is 15.7 Å². The molecule has 1 N–H and O–H groups in total. The fourth-order valence-electron chi connectivity index (χ4n) is 2.15. The molecule has 3 rings (SSSR count). The number of anilines is 1. The largest absolute Gasteiger partial charge is 0.289 e. The van der Waals surface area contributed by atoms with Gasteiger partial charge in [0.25, 0.3) is 10.0 Å². The Balaban J connectivity index is 1.73. The molecule has 0 radical (unpaired) electrons. The predicted molar refractivity (Wildman–Crippen MR) is 101 cm³/mol. The summed E-state index contributed by atoms with van der Waals surface area (Å²) in [4.78, 5) is 12.7. The molecule has 0 fully saturated rings. The van der Waals surface area contributed by atoms with Gasteiger partial charge in [0.2, 0.25) is 0 Å². The first-order valence-electron chi connectivity index (χ1n) is 7.60. The molecule has 0 aliphatic heterocycles. The first-order chi connectivity index (χ1) is 12.4. The summed E-state index contributed by atoms with van der Waals surface area (Å²) in [5.41, 5.74) is 0.835. The Morgan fingerprint density at radius 2 is 1.65 bits per heavy atom. The number of carbonyl (C=O) groups excluding carboxylic acids is 1. The summed E-state index contributed by atoms with van der Waals surface area (Å²) in [5, 5.41) is 0. The monoisotopic (exact) mass is 387 g/mol. The molecule has 1 heterocycles. The van der Waals surface area contributed by atoms with Crippen molar-refractivity contribution < 1.29 is 17.6 Å². The van der Waals surface area contributed by atoms with E-state index < -0.39 is 15.8 Å². The number of benzene rings is 2. The Morgan fingerprint density at radius 3 is 2.35 bits per heavy atom. The molecular weight excluding hydrogens is 373 g/mol. The number of hydrogen-bond acceptors (Lipinski definition) is 4. The van der Waals surface area contributed by atoms with Crippen LogP contribution in [-0.4, -0.2) is 14.2 Å². The van der Waals surface area contributed by atoms with Crippen LogP contribution < -0.4 is 4.72 Å². The van der Waals surface area contributed by atoms with Crippen LogP contribution in [0, 0.1) is 5.82 Å².